The lowest BCUT2D eigenvalue weighted by Crippen LogP contribution is -2.18. The summed E-state index contributed by atoms with van der Waals surface area (Å²) in [4.78, 5) is 29.6. The Bertz CT molecular complexity index is 1200. The molecule has 0 fully saturated rings. The van der Waals surface area contributed by atoms with Crippen LogP contribution in [0.4, 0.5) is 0 Å². The number of hydrogen-bond donors (Lipinski definition) is 1. The maximum absolute atomic E-state index is 13.0. The van der Waals surface area contributed by atoms with Gasteiger partial charge in [-0.3, -0.25) is 9.59 Å². The number of carbonyl (C=O) groups is 1. The smallest absolute Gasteiger partial charge is 0.260 e. The molecule has 1 N–H and O–H groups in total. The number of aromatic nitrogens is 1. The van der Waals surface area contributed by atoms with Gasteiger partial charge in [0.05, 0.1) is 5.56 Å². The molecule has 0 unspecified atom stereocenters. The van der Waals surface area contributed by atoms with Gasteiger partial charge in [0.2, 0.25) is 0 Å². The summed E-state index contributed by atoms with van der Waals surface area (Å²) in [6.45, 7) is 2.00. The fourth-order valence-corrected chi connectivity index (χ4v) is 3.79. The van der Waals surface area contributed by atoms with Gasteiger partial charge in [0.15, 0.2) is 5.78 Å². The van der Waals surface area contributed by atoms with Gasteiger partial charge in [-0.1, -0.05) is 48.0 Å². The highest BCUT2D eigenvalue weighted by Gasteiger charge is 2.19. The van der Waals surface area contributed by atoms with Crippen LogP contribution in [0.15, 0.2) is 76.9 Å². The van der Waals surface area contributed by atoms with Gasteiger partial charge in [-0.2, -0.15) is 0 Å². The minimum absolute atomic E-state index is 0.173. The number of carbonyl (C=O) groups excluding carboxylic acids is 1. The first-order chi connectivity index (χ1) is 13.1. The van der Waals surface area contributed by atoms with Crippen LogP contribution in [-0.2, 0) is 0 Å². The van der Waals surface area contributed by atoms with Gasteiger partial charge in [-0.15, -0.1) is 11.3 Å². The molecule has 0 bridgehead atoms. The highest BCUT2D eigenvalue weighted by molar-refractivity contribution is 7.10. The fourth-order valence-electron chi connectivity index (χ4n) is 3.17. The van der Waals surface area contributed by atoms with E-state index in [0.29, 0.717) is 5.56 Å². The zero-order chi connectivity index (χ0) is 18.8. The van der Waals surface area contributed by atoms with Crippen LogP contribution >= 0.6 is 11.3 Å². The van der Waals surface area contributed by atoms with Crippen LogP contribution in [0.2, 0.25) is 0 Å². The number of hydrogen-bond acceptors (Lipinski definition) is 3. The molecule has 0 atom stereocenters. The van der Waals surface area contributed by atoms with Gasteiger partial charge < -0.3 is 4.98 Å². The molecular weight excluding hydrogens is 354 g/mol. The average molecular weight is 371 g/mol. The summed E-state index contributed by atoms with van der Waals surface area (Å²) in [5.41, 5.74) is 3.13. The van der Waals surface area contributed by atoms with Crippen LogP contribution in [0.25, 0.3) is 28.1 Å². The molecule has 4 heteroatoms. The molecule has 27 heavy (non-hydrogen) atoms. The first kappa shape index (κ1) is 17.2. The quantitative estimate of drug-likeness (QED) is 0.382. The normalized spacial score (nSPS) is 11.3. The summed E-state index contributed by atoms with van der Waals surface area (Å²) in [6, 6.07) is 19.3. The Balaban J connectivity index is 1.98. The molecule has 132 valence electrons. The van der Waals surface area contributed by atoms with Crippen molar-refractivity contribution >= 4 is 34.1 Å². The summed E-state index contributed by atoms with van der Waals surface area (Å²) < 4.78 is 0. The molecule has 2 aromatic heterocycles. The Hall–Kier alpha value is -3.24. The molecule has 0 aliphatic carbocycles. The van der Waals surface area contributed by atoms with E-state index in [2.05, 4.69) is 4.98 Å². The third-order valence-corrected chi connectivity index (χ3v) is 5.26. The molecule has 2 aromatic carbocycles. The highest BCUT2D eigenvalue weighted by Crippen LogP contribution is 2.30. The van der Waals surface area contributed by atoms with Crippen molar-refractivity contribution in [1.29, 1.82) is 0 Å². The first-order valence-electron chi connectivity index (χ1n) is 8.61. The molecular formula is C23H17NO2S. The molecule has 0 saturated heterocycles. The van der Waals surface area contributed by atoms with Crippen LogP contribution < -0.4 is 5.56 Å². The molecule has 0 amide bonds. The van der Waals surface area contributed by atoms with Crippen molar-refractivity contribution in [2.45, 2.75) is 6.92 Å². The number of aromatic amines is 1. The third kappa shape index (κ3) is 3.39. The molecule has 0 aliphatic heterocycles. The lowest BCUT2D eigenvalue weighted by atomic mass is 9.93. The maximum Gasteiger partial charge on any atom is 0.260 e. The second-order valence-electron chi connectivity index (χ2n) is 6.33. The number of H-pyrrole nitrogens is 1. The summed E-state index contributed by atoms with van der Waals surface area (Å²) in [6.07, 6.45) is 3.23. The topological polar surface area (TPSA) is 49.9 Å². The number of thiophene rings is 1. The number of pyridine rings is 1. The number of ketones is 1. The van der Waals surface area contributed by atoms with E-state index in [-0.39, 0.29) is 16.9 Å². The van der Waals surface area contributed by atoms with E-state index >= 15 is 0 Å². The molecule has 2 heterocycles. The highest BCUT2D eigenvalue weighted by atomic mass is 32.1. The Kier molecular flexibility index (Phi) is 4.57. The lowest BCUT2D eigenvalue weighted by molar-refractivity contribution is 0.104. The number of benzene rings is 2. The predicted molar refractivity (Wildman–Crippen MR) is 112 cm³/mol. The van der Waals surface area contributed by atoms with E-state index in [1.54, 1.807) is 17.4 Å². The van der Waals surface area contributed by atoms with Crippen molar-refractivity contribution in [3.63, 3.8) is 0 Å². The van der Waals surface area contributed by atoms with Gasteiger partial charge in [0.25, 0.3) is 5.56 Å². The second kappa shape index (κ2) is 7.17. The molecule has 3 nitrogen and oxygen atoms in total. The Morgan fingerprint density at radius 3 is 2.59 bits per heavy atom. The van der Waals surface area contributed by atoms with Gasteiger partial charge in [-0.25, -0.2) is 0 Å². The van der Waals surface area contributed by atoms with Crippen molar-refractivity contribution in [1.82, 2.24) is 4.98 Å². The number of nitrogens with one attached hydrogen (secondary N) is 1. The van der Waals surface area contributed by atoms with Crippen LogP contribution in [0, 0.1) is 6.92 Å². The predicted octanol–water partition coefficient (Wildman–Crippen LogP) is 5.46. The SMILES string of the molecule is Cc1ccc2[nH]c(=O)c(C(=O)C=Cc3cccs3)c(-c3ccccc3)c2c1. The van der Waals surface area contributed by atoms with Crippen molar-refractivity contribution in [3.8, 4) is 11.1 Å². The summed E-state index contributed by atoms with van der Waals surface area (Å²) in [5, 5.41) is 2.82. The third-order valence-electron chi connectivity index (χ3n) is 4.42. The van der Waals surface area contributed by atoms with E-state index in [1.165, 1.54) is 6.08 Å². The molecule has 4 aromatic rings. The summed E-state index contributed by atoms with van der Waals surface area (Å²) in [5.74, 6) is -0.299. The van der Waals surface area contributed by atoms with Crippen LogP contribution in [0.5, 0.6) is 0 Å². The zero-order valence-electron chi connectivity index (χ0n) is 14.7. The molecule has 0 radical (unpaired) electrons. The minimum atomic E-state index is -0.369. The molecule has 4 rings (SSSR count). The van der Waals surface area contributed by atoms with Gasteiger partial charge in [0.1, 0.15) is 0 Å². The van der Waals surface area contributed by atoms with Gasteiger partial charge in [0, 0.05) is 21.3 Å². The van der Waals surface area contributed by atoms with Crippen molar-refractivity contribution in [3.05, 3.63) is 98.5 Å². The largest absolute Gasteiger partial charge is 0.321 e. The lowest BCUT2D eigenvalue weighted by Gasteiger charge is -2.12. The molecule has 0 spiro atoms. The van der Waals surface area contributed by atoms with Crippen molar-refractivity contribution in [2.75, 3.05) is 0 Å². The maximum atomic E-state index is 13.0. The van der Waals surface area contributed by atoms with Gasteiger partial charge >= 0.3 is 0 Å². The van der Waals surface area contributed by atoms with Gasteiger partial charge in [-0.05, 0) is 48.2 Å². The number of aryl methyl sites for hydroxylation is 1. The van der Waals surface area contributed by atoms with Crippen molar-refractivity contribution in [2.24, 2.45) is 0 Å². The van der Waals surface area contributed by atoms with Crippen LogP contribution in [0.1, 0.15) is 20.8 Å². The van der Waals surface area contributed by atoms with E-state index in [9.17, 15) is 9.59 Å². The summed E-state index contributed by atoms with van der Waals surface area (Å²) >= 11 is 1.54. The monoisotopic (exact) mass is 371 g/mol. The van der Waals surface area contributed by atoms with E-state index < -0.39 is 0 Å². The Morgan fingerprint density at radius 2 is 1.85 bits per heavy atom. The number of fused-ring (bicyclic) bond motifs is 1. The number of rotatable bonds is 4. The Morgan fingerprint density at radius 1 is 1.04 bits per heavy atom. The Labute approximate surface area is 160 Å². The average Bonchev–Trinajstić information content (AvgIpc) is 3.20. The van der Waals surface area contributed by atoms with Crippen molar-refractivity contribution < 1.29 is 4.79 Å². The molecule has 0 aliphatic rings. The van der Waals surface area contributed by atoms with E-state index in [1.807, 2.05) is 73.0 Å². The second-order valence-corrected chi connectivity index (χ2v) is 7.31. The van der Waals surface area contributed by atoms with E-state index in [4.69, 9.17) is 0 Å². The minimum Gasteiger partial charge on any atom is -0.321 e. The summed E-state index contributed by atoms with van der Waals surface area (Å²) in [7, 11) is 0. The number of allylic oxidation sites excluding steroid dienone is 1. The van der Waals surface area contributed by atoms with Crippen LogP contribution in [-0.4, -0.2) is 10.8 Å². The fraction of sp³-hybridized carbons (Fsp3) is 0.0435. The van der Waals surface area contributed by atoms with E-state index in [0.717, 1.165) is 26.9 Å². The standard InChI is InChI=1S/C23H17NO2S/c1-15-9-11-19-18(14-15)21(16-6-3-2-4-7-16)22(23(26)24-19)20(25)12-10-17-8-5-13-27-17/h2-14H,1H3,(H,24,26). The zero-order valence-corrected chi connectivity index (χ0v) is 15.5. The van der Waals surface area contributed by atoms with Crippen LogP contribution in [0.3, 0.4) is 0 Å². The molecule has 0 saturated carbocycles. The first-order valence-corrected chi connectivity index (χ1v) is 9.49.